The minimum Gasteiger partial charge on any atom is -0.496 e. The summed E-state index contributed by atoms with van der Waals surface area (Å²) >= 11 is 6.06. The highest BCUT2D eigenvalue weighted by atomic mass is 35.5. The van der Waals surface area contributed by atoms with Crippen molar-refractivity contribution in [3.8, 4) is 11.5 Å². The fourth-order valence-corrected chi connectivity index (χ4v) is 2.09. The number of Topliss-reactive ketones (excluding diaryl/α,β-unsaturated/α-hetero) is 1. The number of hydrogen-bond donors (Lipinski definition) is 0. The SMILES string of the molecule is COc1c(Cl)cc(CC(C)=O)c(OC)c1C. The zero-order valence-electron chi connectivity index (χ0n) is 9.89. The summed E-state index contributed by atoms with van der Waals surface area (Å²) in [5.74, 6) is 1.32. The van der Waals surface area contributed by atoms with Crippen molar-refractivity contribution in [1.29, 1.82) is 0 Å². The predicted molar refractivity (Wildman–Crippen MR) is 63.7 cm³/mol. The number of halogens is 1. The molecule has 0 bridgehead atoms. The molecule has 1 aromatic rings. The third kappa shape index (κ3) is 2.47. The third-order valence-electron chi connectivity index (χ3n) is 2.34. The summed E-state index contributed by atoms with van der Waals surface area (Å²) in [5, 5.41) is 0.497. The standard InChI is InChI=1S/C12H15ClO3/c1-7(14)5-9-6-10(13)12(16-4)8(2)11(9)15-3/h6H,5H2,1-4H3. The topological polar surface area (TPSA) is 35.5 Å². The zero-order valence-corrected chi connectivity index (χ0v) is 10.6. The first-order valence-corrected chi connectivity index (χ1v) is 5.28. The largest absolute Gasteiger partial charge is 0.496 e. The van der Waals surface area contributed by atoms with Gasteiger partial charge in [0.15, 0.2) is 0 Å². The van der Waals surface area contributed by atoms with E-state index in [2.05, 4.69) is 0 Å². The normalized spacial score (nSPS) is 10.1. The second-order valence-electron chi connectivity index (χ2n) is 3.59. The van der Waals surface area contributed by atoms with Gasteiger partial charge in [-0.1, -0.05) is 11.6 Å². The van der Waals surface area contributed by atoms with Gasteiger partial charge in [-0.2, -0.15) is 0 Å². The van der Waals surface area contributed by atoms with E-state index in [9.17, 15) is 4.79 Å². The lowest BCUT2D eigenvalue weighted by molar-refractivity contribution is -0.116. The number of ether oxygens (including phenoxy) is 2. The van der Waals surface area contributed by atoms with Gasteiger partial charge in [-0.25, -0.2) is 0 Å². The van der Waals surface area contributed by atoms with E-state index in [1.165, 1.54) is 6.92 Å². The summed E-state index contributed by atoms with van der Waals surface area (Å²) in [6, 6.07) is 1.72. The molecule has 0 radical (unpaired) electrons. The Morgan fingerprint density at radius 1 is 1.31 bits per heavy atom. The molecule has 0 heterocycles. The number of ketones is 1. The van der Waals surface area contributed by atoms with Crippen molar-refractivity contribution in [3.63, 3.8) is 0 Å². The number of methoxy groups -OCH3 is 2. The first-order valence-electron chi connectivity index (χ1n) is 4.90. The Bertz CT molecular complexity index is 413. The summed E-state index contributed by atoms with van der Waals surface area (Å²) < 4.78 is 10.5. The van der Waals surface area contributed by atoms with E-state index in [4.69, 9.17) is 21.1 Å². The monoisotopic (exact) mass is 242 g/mol. The first-order chi connectivity index (χ1) is 7.51. The molecule has 0 unspecified atom stereocenters. The Morgan fingerprint density at radius 3 is 2.31 bits per heavy atom. The molecule has 0 atom stereocenters. The van der Waals surface area contributed by atoms with E-state index >= 15 is 0 Å². The molecule has 0 spiro atoms. The fraction of sp³-hybridized carbons (Fsp3) is 0.417. The highest BCUT2D eigenvalue weighted by Gasteiger charge is 2.16. The van der Waals surface area contributed by atoms with Crippen molar-refractivity contribution in [2.75, 3.05) is 14.2 Å². The van der Waals surface area contributed by atoms with Gasteiger partial charge in [0.05, 0.1) is 19.2 Å². The van der Waals surface area contributed by atoms with E-state index in [1.807, 2.05) is 6.92 Å². The van der Waals surface area contributed by atoms with Crippen LogP contribution in [0.1, 0.15) is 18.1 Å². The van der Waals surface area contributed by atoms with Crippen molar-refractivity contribution in [2.45, 2.75) is 20.3 Å². The molecule has 0 aliphatic carbocycles. The molecule has 88 valence electrons. The lowest BCUT2D eigenvalue weighted by atomic mass is 10.0. The molecule has 1 rings (SSSR count). The van der Waals surface area contributed by atoms with E-state index in [0.717, 1.165) is 11.1 Å². The second kappa shape index (κ2) is 5.21. The molecule has 16 heavy (non-hydrogen) atoms. The van der Waals surface area contributed by atoms with Gasteiger partial charge in [0, 0.05) is 17.5 Å². The molecule has 0 saturated carbocycles. The van der Waals surface area contributed by atoms with Crippen LogP contribution in [-0.2, 0) is 11.2 Å². The zero-order chi connectivity index (χ0) is 12.3. The summed E-state index contributed by atoms with van der Waals surface area (Å²) in [5.41, 5.74) is 1.60. The van der Waals surface area contributed by atoms with Gasteiger partial charge < -0.3 is 9.47 Å². The summed E-state index contributed by atoms with van der Waals surface area (Å²) in [4.78, 5) is 11.1. The Labute approximate surface area is 100 Å². The van der Waals surface area contributed by atoms with Crippen molar-refractivity contribution in [1.82, 2.24) is 0 Å². The minimum atomic E-state index is 0.0685. The average molecular weight is 243 g/mol. The fourth-order valence-electron chi connectivity index (χ4n) is 1.74. The van der Waals surface area contributed by atoms with Gasteiger partial charge in [0.1, 0.15) is 17.3 Å². The van der Waals surface area contributed by atoms with Gasteiger partial charge in [-0.05, 0) is 19.9 Å². The summed E-state index contributed by atoms with van der Waals surface area (Å²) in [6.07, 6.45) is 0.313. The van der Waals surface area contributed by atoms with Crippen LogP contribution < -0.4 is 9.47 Å². The Kier molecular flexibility index (Phi) is 4.19. The Balaban J connectivity index is 3.34. The van der Waals surface area contributed by atoms with Crippen LogP contribution in [-0.4, -0.2) is 20.0 Å². The number of carbonyl (C=O) groups is 1. The summed E-state index contributed by atoms with van der Waals surface area (Å²) in [7, 11) is 3.12. The third-order valence-corrected chi connectivity index (χ3v) is 2.62. The maximum absolute atomic E-state index is 11.1. The minimum absolute atomic E-state index is 0.0685. The molecule has 0 N–H and O–H groups in total. The van der Waals surface area contributed by atoms with Gasteiger partial charge >= 0.3 is 0 Å². The van der Waals surface area contributed by atoms with E-state index < -0.39 is 0 Å². The second-order valence-corrected chi connectivity index (χ2v) is 4.00. The van der Waals surface area contributed by atoms with E-state index in [0.29, 0.717) is 22.9 Å². The lowest BCUT2D eigenvalue weighted by Crippen LogP contribution is -2.03. The van der Waals surface area contributed by atoms with E-state index in [-0.39, 0.29) is 5.78 Å². The number of benzene rings is 1. The van der Waals surface area contributed by atoms with Crippen LogP contribution in [0.5, 0.6) is 11.5 Å². The Hall–Kier alpha value is -1.22. The van der Waals surface area contributed by atoms with Crippen LogP contribution in [0.2, 0.25) is 5.02 Å². The van der Waals surface area contributed by atoms with Crippen LogP contribution in [0.25, 0.3) is 0 Å². The molecule has 1 aromatic carbocycles. The van der Waals surface area contributed by atoms with Crippen LogP contribution in [0.3, 0.4) is 0 Å². The van der Waals surface area contributed by atoms with Crippen LogP contribution in [0, 0.1) is 6.92 Å². The van der Waals surface area contributed by atoms with Crippen molar-refractivity contribution in [2.24, 2.45) is 0 Å². The molecule has 0 aliphatic rings. The summed E-state index contributed by atoms with van der Waals surface area (Å²) in [6.45, 7) is 3.39. The van der Waals surface area contributed by atoms with Crippen LogP contribution in [0.4, 0.5) is 0 Å². The molecule has 3 nitrogen and oxygen atoms in total. The number of hydrogen-bond acceptors (Lipinski definition) is 3. The van der Waals surface area contributed by atoms with Gasteiger partial charge in [-0.3, -0.25) is 4.79 Å². The quantitative estimate of drug-likeness (QED) is 0.815. The van der Waals surface area contributed by atoms with Crippen molar-refractivity contribution >= 4 is 17.4 Å². The predicted octanol–water partition coefficient (Wildman–Crippen LogP) is 2.80. The van der Waals surface area contributed by atoms with E-state index in [1.54, 1.807) is 20.3 Å². The van der Waals surface area contributed by atoms with Gasteiger partial charge in [0.2, 0.25) is 0 Å². The molecule has 0 saturated heterocycles. The first kappa shape index (κ1) is 12.8. The molecule has 0 amide bonds. The van der Waals surface area contributed by atoms with Gasteiger partial charge in [0.25, 0.3) is 0 Å². The number of rotatable bonds is 4. The molecule has 0 aromatic heterocycles. The molecule has 4 heteroatoms. The molecular weight excluding hydrogens is 228 g/mol. The van der Waals surface area contributed by atoms with Crippen LogP contribution >= 0.6 is 11.6 Å². The maximum Gasteiger partial charge on any atom is 0.144 e. The molecule has 0 fully saturated rings. The number of carbonyl (C=O) groups excluding carboxylic acids is 1. The highest BCUT2D eigenvalue weighted by Crippen LogP contribution is 2.37. The van der Waals surface area contributed by atoms with Crippen molar-refractivity contribution in [3.05, 3.63) is 22.2 Å². The van der Waals surface area contributed by atoms with Crippen LogP contribution in [0.15, 0.2) is 6.07 Å². The Morgan fingerprint density at radius 2 is 1.88 bits per heavy atom. The van der Waals surface area contributed by atoms with Crippen molar-refractivity contribution < 1.29 is 14.3 Å². The molecule has 0 aliphatic heterocycles. The maximum atomic E-state index is 11.1. The van der Waals surface area contributed by atoms with Gasteiger partial charge in [-0.15, -0.1) is 0 Å². The highest BCUT2D eigenvalue weighted by molar-refractivity contribution is 6.32. The smallest absolute Gasteiger partial charge is 0.144 e. The lowest BCUT2D eigenvalue weighted by Gasteiger charge is -2.15. The molecular formula is C12H15ClO3. The average Bonchev–Trinajstić information content (AvgIpc) is 2.17.